The lowest BCUT2D eigenvalue weighted by molar-refractivity contribution is -0.384. The van der Waals surface area contributed by atoms with E-state index in [4.69, 9.17) is 9.47 Å². The Morgan fingerprint density at radius 3 is 2.53 bits per heavy atom. The number of ether oxygens (including phenoxy) is 2. The summed E-state index contributed by atoms with van der Waals surface area (Å²) in [6.45, 7) is 2.85. The lowest BCUT2D eigenvalue weighted by Gasteiger charge is -2.11. The van der Waals surface area contributed by atoms with E-state index in [9.17, 15) is 25.0 Å². The fourth-order valence-corrected chi connectivity index (χ4v) is 3.01. The second-order valence-corrected chi connectivity index (χ2v) is 6.86. The largest absolute Gasteiger partial charge is 0.493 e. The zero-order valence-electron chi connectivity index (χ0n) is 16.2. The van der Waals surface area contributed by atoms with Crippen molar-refractivity contribution in [2.75, 3.05) is 12.4 Å². The van der Waals surface area contributed by atoms with Crippen molar-refractivity contribution in [3.8, 4) is 17.6 Å². The number of nitrogens with one attached hydrogen (secondary N) is 1. The predicted octanol–water partition coefficient (Wildman–Crippen LogP) is 4.15. The molecular weight excluding hydrogens is 458 g/mol. The minimum absolute atomic E-state index is 0.105. The van der Waals surface area contributed by atoms with E-state index in [2.05, 4.69) is 21.2 Å². The number of non-ortho nitro benzene ring substituents is 1. The number of amides is 1. The monoisotopic (exact) mass is 473 g/mol. The quantitative estimate of drug-likeness (QED) is 0.166. The number of esters is 1. The molecule has 9 nitrogen and oxygen atoms in total. The van der Waals surface area contributed by atoms with Gasteiger partial charge in [-0.05, 0) is 58.3 Å². The van der Waals surface area contributed by atoms with Crippen LogP contribution < -0.4 is 14.8 Å². The highest BCUT2D eigenvalue weighted by Gasteiger charge is 2.16. The smallest absolute Gasteiger partial charge is 0.308 e. The molecule has 0 aliphatic rings. The number of hydrogen-bond donors (Lipinski definition) is 1. The zero-order chi connectivity index (χ0) is 22.4. The second kappa shape index (κ2) is 9.67. The zero-order valence-corrected chi connectivity index (χ0v) is 17.8. The molecule has 0 aliphatic carbocycles. The van der Waals surface area contributed by atoms with Gasteiger partial charge in [-0.15, -0.1) is 0 Å². The number of anilines is 1. The van der Waals surface area contributed by atoms with E-state index in [0.29, 0.717) is 21.3 Å². The summed E-state index contributed by atoms with van der Waals surface area (Å²) < 4.78 is 10.7. The van der Waals surface area contributed by atoms with Crippen molar-refractivity contribution in [1.29, 1.82) is 5.26 Å². The molecule has 2 rings (SSSR count). The molecule has 0 aliphatic heterocycles. The number of carbonyl (C=O) groups is 2. The van der Waals surface area contributed by atoms with E-state index < -0.39 is 16.8 Å². The van der Waals surface area contributed by atoms with Crippen LogP contribution in [0.3, 0.4) is 0 Å². The topological polar surface area (TPSA) is 132 Å². The molecule has 0 bridgehead atoms. The minimum atomic E-state index is -0.686. The Balaban J connectivity index is 2.34. The van der Waals surface area contributed by atoms with Crippen LogP contribution in [0.4, 0.5) is 11.4 Å². The van der Waals surface area contributed by atoms with Crippen molar-refractivity contribution in [2.24, 2.45) is 0 Å². The summed E-state index contributed by atoms with van der Waals surface area (Å²) in [6.07, 6.45) is 1.33. The van der Waals surface area contributed by atoms with Crippen LogP contribution in [0.25, 0.3) is 6.08 Å². The number of methoxy groups -OCH3 is 1. The molecule has 2 aromatic rings. The third kappa shape index (κ3) is 5.42. The fourth-order valence-electron chi connectivity index (χ4n) is 2.47. The Bertz CT molecular complexity index is 1100. The number of hydrogen-bond acceptors (Lipinski definition) is 7. The summed E-state index contributed by atoms with van der Waals surface area (Å²) in [5.74, 6) is -0.817. The Morgan fingerprint density at radius 1 is 1.30 bits per heavy atom. The van der Waals surface area contributed by atoms with Crippen LogP contribution in [-0.4, -0.2) is 23.9 Å². The first-order valence-corrected chi connectivity index (χ1v) is 9.19. The highest BCUT2D eigenvalue weighted by Crippen LogP contribution is 2.37. The van der Waals surface area contributed by atoms with E-state index in [-0.39, 0.29) is 22.8 Å². The van der Waals surface area contributed by atoms with Crippen molar-refractivity contribution in [3.05, 3.63) is 61.6 Å². The third-order valence-electron chi connectivity index (χ3n) is 3.84. The van der Waals surface area contributed by atoms with Crippen LogP contribution in [-0.2, 0) is 9.59 Å². The number of halogens is 1. The molecule has 0 atom stereocenters. The van der Waals surface area contributed by atoms with Crippen LogP contribution >= 0.6 is 15.9 Å². The van der Waals surface area contributed by atoms with Gasteiger partial charge in [-0.1, -0.05) is 0 Å². The molecule has 1 N–H and O–H groups in total. The Labute approximate surface area is 180 Å². The van der Waals surface area contributed by atoms with Gasteiger partial charge in [-0.25, -0.2) is 0 Å². The number of rotatable bonds is 6. The maximum atomic E-state index is 12.5. The molecular formula is C20H16BrN3O6. The summed E-state index contributed by atoms with van der Waals surface area (Å²) in [5.41, 5.74) is 0.954. The highest BCUT2D eigenvalue weighted by molar-refractivity contribution is 9.10. The number of aryl methyl sites for hydroxylation is 1. The van der Waals surface area contributed by atoms with Gasteiger partial charge in [0.05, 0.1) is 16.5 Å². The molecule has 10 heteroatoms. The summed E-state index contributed by atoms with van der Waals surface area (Å²) in [4.78, 5) is 34.1. The van der Waals surface area contributed by atoms with Crippen molar-refractivity contribution in [2.45, 2.75) is 13.8 Å². The van der Waals surface area contributed by atoms with Gasteiger partial charge in [-0.2, -0.15) is 5.26 Å². The van der Waals surface area contributed by atoms with Crippen LogP contribution in [0.1, 0.15) is 18.1 Å². The molecule has 0 spiro atoms. The van der Waals surface area contributed by atoms with Gasteiger partial charge in [0.1, 0.15) is 11.6 Å². The molecule has 154 valence electrons. The van der Waals surface area contributed by atoms with Crippen molar-refractivity contribution >= 4 is 45.3 Å². The number of carbonyl (C=O) groups excluding carboxylic acids is 2. The first-order valence-electron chi connectivity index (χ1n) is 8.40. The van der Waals surface area contributed by atoms with Gasteiger partial charge in [0.25, 0.3) is 11.6 Å². The summed E-state index contributed by atoms with van der Waals surface area (Å²) in [7, 11) is 1.39. The van der Waals surface area contributed by atoms with E-state index in [1.54, 1.807) is 13.0 Å². The molecule has 2 aromatic carbocycles. The second-order valence-electron chi connectivity index (χ2n) is 6.01. The van der Waals surface area contributed by atoms with Crippen LogP contribution in [0.15, 0.2) is 40.4 Å². The minimum Gasteiger partial charge on any atom is -0.493 e. The maximum absolute atomic E-state index is 12.5. The number of benzene rings is 2. The third-order valence-corrected chi connectivity index (χ3v) is 4.43. The lowest BCUT2D eigenvalue weighted by Crippen LogP contribution is -2.14. The van der Waals surface area contributed by atoms with Crippen molar-refractivity contribution in [3.63, 3.8) is 0 Å². The summed E-state index contributed by atoms with van der Waals surface area (Å²) in [5, 5.41) is 22.8. The van der Waals surface area contributed by atoms with Gasteiger partial charge in [0, 0.05) is 24.7 Å². The van der Waals surface area contributed by atoms with Gasteiger partial charge in [0.15, 0.2) is 11.5 Å². The van der Waals surface area contributed by atoms with Crippen LogP contribution in [0, 0.1) is 28.4 Å². The predicted molar refractivity (Wildman–Crippen MR) is 112 cm³/mol. The molecule has 0 fully saturated rings. The number of nitro groups is 1. The van der Waals surface area contributed by atoms with Crippen molar-refractivity contribution < 1.29 is 24.0 Å². The average Bonchev–Trinajstić information content (AvgIpc) is 2.68. The Kier molecular flexibility index (Phi) is 7.27. The Hall–Kier alpha value is -3.71. The molecule has 0 heterocycles. The fraction of sp³-hybridized carbons (Fsp3) is 0.150. The average molecular weight is 474 g/mol. The summed E-state index contributed by atoms with van der Waals surface area (Å²) >= 11 is 3.27. The number of nitriles is 1. The molecule has 0 aromatic heterocycles. The highest BCUT2D eigenvalue weighted by atomic mass is 79.9. The first-order chi connectivity index (χ1) is 14.2. The molecule has 0 unspecified atom stereocenters. The van der Waals surface area contributed by atoms with Crippen LogP contribution in [0.5, 0.6) is 11.5 Å². The molecule has 0 saturated carbocycles. The summed E-state index contributed by atoms with van der Waals surface area (Å²) in [6, 6.07) is 8.86. The maximum Gasteiger partial charge on any atom is 0.308 e. The Morgan fingerprint density at radius 2 is 2.00 bits per heavy atom. The standard InChI is InChI=1S/C20H16BrN3O6/c1-11-6-15(24(27)28)4-5-17(11)23-20(26)14(10-22)7-13-8-16(21)19(30-12(2)25)18(9-13)29-3/h4-9H,1-3H3,(H,23,26)/b14-7+. The number of nitro benzene ring substituents is 1. The molecule has 0 saturated heterocycles. The first kappa shape index (κ1) is 22.6. The molecule has 0 radical (unpaired) electrons. The van der Waals surface area contributed by atoms with E-state index >= 15 is 0 Å². The SMILES string of the molecule is COc1cc(/C=C(\C#N)C(=O)Nc2ccc([N+](=O)[O-])cc2C)cc(Br)c1OC(C)=O. The number of nitrogens with zero attached hydrogens (tertiary/aromatic N) is 2. The van der Waals surface area contributed by atoms with Gasteiger partial charge in [-0.3, -0.25) is 19.7 Å². The van der Waals surface area contributed by atoms with Gasteiger partial charge < -0.3 is 14.8 Å². The lowest BCUT2D eigenvalue weighted by atomic mass is 10.1. The van der Waals surface area contributed by atoms with E-state index in [1.165, 1.54) is 44.4 Å². The van der Waals surface area contributed by atoms with E-state index in [1.807, 2.05) is 6.07 Å². The van der Waals surface area contributed by atoms with Gasteiger partial charge in [0.2, 0.25) is 0 Å². The van der Waals surface area contributed by atoms with Crippen molar-refractivity contribution in [1.82, 2.24) is 0 Å². The normalized spacial score (nSPS) is 10.7. The molecule has 1 amide bonds. The molecule has 30 heavy (non-hydrogen) atoms. The van der Waals surface area contributed by atoms with Gasteiger partial charge >= 0.3 is 5.97 Å². The van der Waals surface area contributed by atoms with E-state index in [0.717, 1.165) is 0 Å². The van der Waals surface area contributed by atoms with Crippen LogP contribution in [0.2, 0.25) is 0 Å².